The predicted molar refractivity (Wildman–Crippen MR) is 98.0 cm³/mol. The Morgan fingerprint density at radius 2 is 1.56 bits per heavy atom. The molecule has 0 bridgehead atoms. The number of anilines is 1. The molecule has 3 rings (SSSR count). The molecule has 0 saturated carbocycles. The van der Waals surface area contributed by atoms with Gasteiger partial charge in [-0.25, -0.2) is 14.8 Å². The summed E-state index contributed by atoms with van der Waals surface area (Å²) in [6, 6.07) is 17.9. The number of esters is 1. The highest BCUT2D eigenvalue weighted by Crippen LogP contribution is 2.28. The Morgan fingerprint density at radius 3 is 2.20 bits per heavy atom. The van der Waals surface area contributed by atoms with Crippen molar-refractivity contribution in [2.75, 3.05) is 12.3 Å². The van der Waals surface area contributed by atoms with Crippen LogP contribution in [-0.2, 0) is 4.74 Å². The largest absolute Gasteiger partial charge is 0.462 e. The van der Waals surface area contributed by atoms with E-state index in [4.69, 9.17) is 10.5 Å². The molecule has 25 heavy (non-hydrogen) atoms. The molecule has 3 aromatic rings. The lowest BCUT2D eigenvalue weighted by Crippen LogP contribution is -2.13. The maximum Gasteiger partial charge on any atom is 0.342 e. The zero-order valence-electron chi connectivity index (χ0n) is 14.2. The van der Waals surface area contributed by atoms with Gasteiger partial charge in [0.1, 0.15) is 5.56 Å². The molecule has 0 spiro atoms. The number of nitrogens with two attached hydrogens (primary N) is 1. The van der Waals surface area contributed by atoms with Gasteiger partial charge in [0.15, 0.2) is 0 Å². The van der Waals surface area contributed by atoms with Crippen molar-refractivity contribution in [3.63, 3.8) is 0 Å². The number of carbonyl (C=O) groups excluding carboxylic acids is 1. The molecule has 5 nitrogen and oxygen atoms in total. The summed E-state index contributed by atoms with van der Waals surface area (Å²) in [6.07, 6.45) is 0. The molecule has 5 heteroatoms. The second kappa shape index (κ2) is 7.13. The van der Waals surface area contributed by atoms with Crippen molar-refractivity contribution in [2.45, 2.75) is 13.8 Å². The van der Waals surface area contributed by atoms with Gasteiger partial charge in [-0.2, -0.15) is 0 Å². The molecule has 0 aliphatic rings. The molecule has 0 amide bonds. The van der Waals surface area contributed by atoms with Gasteiger partial charge in [-0.1, -0.05) is 54.6 Å². The highest BCUT2D eigenvalue weighted by atomic mass is 16.5. The lowest BCUT2D eigenvalue weighted by atomic mass is 10.00. The minimum atomic E-state index is -0.442. The maximum atomic E-state index is 12.3. The Balaban J connectivity index is 2.05. The van der Waals surface area contributed by atoms with E-state index in [2.05, 4.69) is 9.97 Å². The molecule has 2 aromatic carbocycles. The van der Waals surface area contributed by atoms with E-state index in [1.54, 1.807) is 13.8 Å². The summed E-state index contributed by atoms with van der Waals surface area (Å²) in [7, 11) is 0. The summed E-state index contributed by atoms with van der Waals surface area (Å²) in [4.78, 5) is 20.7. The zero-order valence-corrected chi connectivity index (χ0v) is 14.2. The van der Waals surface area contributed by atoms with Crippen LogP contribution in [-0.4, -0.2) is 22.5 Å². The van der Waals surface area contributed by atoms with Crippen molar-refractivity contribution < 1.29 is 9.53 Å². The number of hydrogen-bond donors (Lipinski definition) is 1. The number of hydrogen-bond acceptors (Lipinski definition) is 5. The minimum Gasteiger partial charge on any atom is -0.462 e. The summed E-state index contributed by atoms with van der Waals surface area (Å²) < 4.78 is 5.14. The van der Waals surface area contributed by atoms with Crippen molar-refractivity contribution in [1.29, 1.82) is 0 Å². The molecule has 0 unspecified atom stereocenters. The molecular formula is C20H19N3O2. The Hall–Kier alpha value is -3.21. The number of nitrogen functional groups attached to an aromatic ring is 1. The molecule has 2 N–H and O–H groups in total. The Kier molecular flexibility index (Phi) is 4.75. The molecule has 0 saturated heterocycles. The molecule has 1 heterocycles. The number of carbonyl (C=O) groups is 1. The highest BCUT2D eigenvalue weighted by Gasteiger charge is 2.20. The molecule has 0 aliphatic heterocycles. The lowest BCUT2D eigenvalue weighted by Gasteiger charge is -2.12. The van der Waals surface area contributed by atoms with Crippen LogP contribution < -0.4 is 5.73 Å². The lowest BCUT2D eigenvalue weighted by molar-refractivity contribution is 0.0525. The molecule has 0 aliphatic carbocycles. The van der Waals surface area contributed by atoms with Crippen molar-refractivity contribution in [3.05, 3.63) is 65.9 Å². The summed E-state index contributed by atoms with van der Waals surface area (Å²) >= 11 is 0. The third kappa shape index (κ3) is 3.50. The molecular weight excluding hydrogens is 314 g/mol. The van der Waals surface area contributed by atoms with Gasteiger partial charge in [0.2, 0.25) is 5.95 Å². The number of nitrogens with zero attached hydrogens (tertiary/aromatic N) is 2. The van der Waals surface area contributed by atoms with E-state index < -0.39 is 5.97 Å². The molecule has 1 aromatic heterocycles. The number of benzene rings is 2. The average molecular weight is 333 g/mol. The summed E-state index contributed by atoms with van der Waals surface area (Å²) in [5.74, 6) is -0.310. The topological polar surface area (TPSA) is 78.1 Å². The second-order valence-corrected chi connectivity index (χ2v) is 5.55. The Labute approximate surface area is 146 Å². The fraction of sp³-hybridized carbons (Fsp3) is 0.150. The van der Waals surface area contributed by atoms with Gasteiger partial charge < -0.3 is 10.5 Å². The number of rotatable bonds is 4. The Morgan fingerprint density at radius 1 is 0.960 bits per heavy atom. The Bertz CT molecular complexity index is 891. The van der Waals surface area contributed by atoms with Crippen LogP contribution in [0.5, 0.6) is 0 Å². The first-order valence-corrected chi connectivity index (χ1v) is 8.07. The van der Waals surface area contributed by atoms with Crippen molar-refractivity contribution in [1.82, 2.24) is 9.97 Å². The van der Waals surface area contributed by atoms with Gasteiger partial charge >= 0.3 is 5.97 Å². The zero-order chi connectivity index (χ0) is 17.8. The molecule has 126 valence electrons. The van der Waals surface area contributed by atoms with Crippen LogP contribution in [0.1, 0.15) is 23.0 Å². The van der Waals surface area contributed by atoms with Gasteiger partial charge in [0.05, 0.1) is 18.0 Å². The first-order valence-electron chi connectivity index (χ1n) is 8.07. The summed E-state index contributed by atoms with van der Waals surface area (Å²) in [6.45, 7) is 3.78. The van der Waals surface area contributed by atoms with E-state index in [9.17, 15) is 4.79 Å². The van der Waals surface area contributed by atoms with Crippen LogP contribution in [0.15, 0.2) is 54.6 Å². The van der Waals surface area contributed by atoms with Gasteiger partial charge in [0.25, 0.3) is 0 Å². The number of aromatic nitrogens is 2. The van der Waals surface area contributed by atoms with Crippen LogP contribution in [0.3, 0.4) is 0 Å². The van der Waals surface area contributed by atoms with E-state index >= 15 is 0 Å². The fourth-order valence-electron chi connectivity index (χ4n) is 2.70. The SMILES string of the molecule is CCOC(=O)c1c(C)nc(N)nc1-c1ccc(-c2ccccc2)cc1. The normalized spacial score (nSPS) is 10.5. The van der Waals surface area contributed by atoms with Crippen LogP contribution in [0.4, 0.5) is 5.95 Å². The second-order valence-electron chi connectivity index (χ2n) is 5.55. The van der Waals surface area contributed by atoms with Gasteiger partial charge in [-0.05, 0) is 25.0 Å². The van der Waals surface area contributed by atoms with Gasteiger partial charge in [-0.15, -0.1) is 0 Å². The van der Waals surface area contributed by atoms with E-state index in [0.29, 0.717) is 17.0 Å². The van der Waals surface area contributed by atoms with Crippen LogP contribution >= 0.6 is 0 Å². The highest BCUT2D eigenvalue weighted by molar-refractivity contribution is 5.97. The summed E-state index contributed by atoms with van der Waals surface area (Å²) in [5.41, 5.74) is 10.1. The molecule has 0 radical (unpaired) electrons. The number of ether oxygens (including phenoxy) is 1. The van der Waals surface area contributed by atoms with Gasteiger partial charge in [-0.3, -0.25) is 0 Å². The molecule has 0 atom stereocenters. The first-order chi connectivity index (χ1) is 12.1. The molecule has 0 fully saturated rings. The third-order valence-corrected chi connectivity index (χ3v) is 3.85. The van der Waals surface area contributed by atoms with Crippen molar-refractivity contribution in [2.24, 2.45) is 0 Å². The maximum absolute atomic E-state index is 12.3. The summed E-state index contributed by atoms with van der Waals surface area (Å²) in [5, 5.41) is 0. The smallest absolute Gasteiger partial charge is 0.342 e. The van der Waals surface area contributed by atoms with Crippen molar-refractivity contribution in [3.8, 4) is 22.4 Å². The third-order valence-electron chi connectivity index (χ3n) is 3.85. The minimum absolute atomic E-state index is 0.132. The van der Waals surface area contributed by atoms with Gasteiger partial charge in [0, 0.05) is 5.56 Å². The number of aryl methyl sites for hydroxylation is 1. The van der Waals surface area contributed by atoms with E-state index in [0.717, 1.165) is 16.7 Å². The average Bonchev–Trinajstić information content (AvgIpc) is 2.62. The van der Waals surface area contributed by atoms with E-state index in [1.165, 1.54) is 0 Å². The van der Waals surface area contributed by atoms with Crippen LogP contribution in [0, 0.1) is 6.92 Å². The standard InChI is InChI=1S/C20H19N3O2/c1-3-25-19(24)17-13(2)22-20(21)23-18(17)16-11-9-15(10-12-16)14-7-5-4-6-8-14/h4-12H,3H2,1-2H3,(H2,21,22,23). The quantitative estimate of drug-likeness (QED) is 0.733. The van der Waals surface area contributed by atoms with Crippen LogP contribution in [0.2, 0.25) is 0 Å². The fourth-order valence-corrected chi connectivity index (χ4v) is 2.70. The first kappa shape index (κ1) is 16.6. The van der Waals surface area contributed by atoms with E-state index in [1.807, 2.05) is 54.6 Å². The van der Waals surface area contributed by atoms with Crippen molar-refractivity contribution >= 4 is 11.9 Å². The van der Waals surface area contributed by atoms with E-state index in [-0.39, 0.29) is 12.6 Å². The van der Waals surface area contributed by atoms with Crippen LogP contribution in [0.25, 0.3) is 22.4 Å². The monoisotopic (exact) mass is 333 g/mol. The predicted octanol–water partition coefficient (Wildman–Crippen LogP) is 3.88.